The molecule has 2 aliphatic rings. The number of hydrogen-bond donors (Lipinski definition) is 1. The summed E-state index contributed by atoms with van der Waals surface area (Å²) in [5.74, 6) is -1.33. The lowest BCUT2D eigenvalue weighted by Crippen LogP contribution is -2.59. The normalized spacial score (nSPS) is 20.2. The Kier molecular flexibility index (Phi) is 2.81. The van der Waals surface area contributed by atoms with Gasteiger partial charge in [0.2, 0.25) is 11.8 Å². The van der Waals surface area contributed by atoms with Crippen LogP contribution in [0.4, 0.5) is 9.18 Å². The van der Waals surface area contributed by atoms with E-state index < -0.39 is 23.3 Å². The van der Waals surface area contributed by atoms with Gasteiger partial charge >= 0.3 is 6.03 Å². The molecule has 1 aliphatic heterocycles. The van der Waals surface area contributed by atoms with Crippen molar-refractivity contribution in [3.8, 4) is 0 Å². The molecule has 1 spiro atoms. The van der Waals surface area contributed by atoms with Gasteiger partial charge in [-0.1, -0.05) is 18.2 Å². The summed E-state index contributed by atoms with van der Waals surface area (Å²) in [5, 5.41) is 2.20. The van der Waals surface area contributed by atoms with Gasteiger partial charge in [0.1, 0.15) is 11.2 Å². The maximum Gasteiger partial charge on any atom is 0.330 e. The van der Waals surface area contributed by atoms with Crippen LogP contribution in [-0.4, -0.2) is 29.3 Å². The number of hydrogen-bond acceptors (Lipinski definition) is 3. The Labute approximate surface area is 114 Å². The van der Waals surface area contributed by atoms with E-state index in [1.54, 1.807) is 18.2 Å². The Balaban J connectivity index is 1.74. The third kappa shape index (κ3) is 1.88. The number of rotatable bonds is 3. The first kappa shape index (κ1) is 12.8. The summed E-state index contributed by atoms with van der Waals surface area (Å²) < 4.78 is 13.5. The largest absolute Gasteiger partial charge is 0.330 e. The highest BCUT2D eigenvalue weighted by Gasteiger charge is 2.61. The van der Waals surface area contributed by atoms with Gasteiger partial charge in [0.15, 0.2) is 0 Å². The fourth-order valence-corrected chi connectivity index (χ4v) is 2.43. The average Bonchev–Trinajstić information content (AvgIpc) is 3.20. The first-order valence-corrected chi connectivity index (χ1v) is 6.45. The minimum atomic E-state index is -1.04. The topological polar surface area (TPSA) is 66.5 Å². The smallest absolute Gasteiger partial charge is 0.277 e. The molecule has 0 bridgehead atoms. The number of benzene rings is 1. The molecule has 1 N–H and O–H groups in total. The summed E-state index contributed by atoms with van der Waals surface area (Å²) in [6.07, 6.45) is 1.18. The van der Waals surface area contributed by atoms with E-state index in [1.807, 2.05) is 0 Å². The fourth-order valence-electron chi connectivity index (χ4n) is 2.43. The molecule has 0 unspecified atom stereocenters. The fraction of sp³-hybridized carbons (Fsp3) is 0.357. The third-order valence-electron chi connectivity index (χ3n) is 3.87. The zero-order chi connectivity index (χ0) is 14.3. The quantitative estimate of drug-likeness (QED) is 0.844. The molecule has 1 saturated carbocycles. The van der Waals surface area contributed by atoms with E-state index in [9.17, 15) is 18.8 Å². The van der Waals surface area contributed by atoms with Gasteiger partial charge in [-0.05, 0) is 30.9 Å². The van der Waals surface area contributed by atoms with Gasteiger partial charge in [-0.15, -0.1) is 0 Å². The molecule has 1 aliphatic carbocycles. The SMILES string of the molecule is O=C1NC(=O)C2(CC2)C(=O)N1CCc1ccccc1F. The molecule has 1 aromatic rings. The molecule has 0 aromatic heterocycles. The molecule has 20 heavy (non-hydrogen) atoms. The molecule has 3 rings (SSSR count). The summed E-state index contributed by atoms with van der Waals surface area (Å²) >= 11 is 0. The molecule has 1 saturated heterocycles. The standard InChI is InChI=1S/C14H13FN2O3/c15-10-4-2-1-3-9(10)5-8-17-12(19)14(6-7-14)11(18)16-13(17)20/h1-4H,5-8H2,(H,16,18,20). The van der Waals surface area contributed by atoms with E-state index in [1.165, 1.54) is 6.07 Å². The number of imide groups is 2. The second kappa shape index (κ2) is 4.40. The van der Waals surface area contributed by atoms with Crippen LogP contribution >= 0.6 is 0 Å². The van der Waals surface area contributed by atoms with E-state index in [0.29, 0.717) is 18.4 Å². The minimum Gasteiger partial charge on any atom is -0.277 e. The van der Waals surface area contributed by atoms with Crippen molar-refractivity contribution in [2.24, 2.45) is 5.41 Å². The van der Waals surface area contributed by atoms with Crippen LogP contribution in [0.15, 0.2) is 24.3 Å². The van der Waals surface area contributed by atoms with Crippen LogP contribution in [0.25, 0.3) is 0 Å². The summed E-state index contributed by atoms with van der Waals surface area (Å²) in [4.78, 5) is 36.6. The van der Waals surface area contributed by atoms with E-state index >= 15 is 0 Å². The second-order valence-electron chi connectivity index (χ2n) is 5.14. The number of amides is 4. The Bertz CT molecular complexity index is 610. The highest BCUT2D eigenvalue weighted by atomic mass is 19.1. The van der Waals surface area contributed by atoms with Crippen LogP contribution in [0, 0.1) is 11.2 Å². The van der Waals surface area contributed by atoms with Gasteiger partial charge < -0.3 is 0 Å². The van der Waals surface area contributed by atoms with Gasteiger partial charge in [0.05, 0.1) is 0 Å². The number of nitrogens with one attached hydrogen (secondary N) is 1. The van der Waals surface area contributed by atoms with E-state index in [0.717, 1.165) is 4.90 Å². The first-order chi connectivity index (χ1) is 9.54. The van der Waals surface area contributed by atoms with Crippen molar-refractivity contribution < 1.29 is 18.8 Å². The zero-order valence-electron chi connectivity index (χ0n) is 10.7. The average molecular weight is 276 g/mol. The summed E-state index contributed by atoms with van der Waals surface area (Å²) in [6.45, 7) is 0.0701. The summed E-state index contributed by atoms with van der Waals surface area (Å²) in [6, 6.07) is 5.51. The second-order valence-corrected chi connectivity index (χ2v) is 5.14. The van der Waals surface area contributed by atoms with Crippen LogP contribution in [0.5, 0.6) is 0 Å². The third-order valence-corrected chi connectivity index (χ3v) is 3.87. The maximum atomic E-state index is 13.5. The Hall–Kier alpha value is -2.24. The van der Waals surface area contributed by atoms with Crippen LogP contribution in [0.3, 0.4) is 0 Å². The van der Waals surface area contributed by atoms with Gasteiger partial charge in [0, 0.05) is 6.54 Å². The van der Waals surface area contributed by atoms with Gasteiger partial charge in [0.25, 0.3) is 0 Å². The number of nitrogens with zero attached hydrogens (tertiary/aromatic N) is 1. The van der Waals surface area contributed by atoms with Crippen molar-refractivity contribution in [1.29, 1.82) is 0 Å². The number of carbonyl (C=O) groups excluding carboxylic acids is 3. The van der Waals surface area contributed by atoms with Gasteiger partial charge in [-0.3, -0.25) is 19.8 Å². The lowest BCUT2D eigenvalue weighted by atomic mass is 10.0. The number of carbonyl (C=O) groups is 3. The van der Waals surface area contributed by atoms with Crippen LogP contribution in [0.1, 0.15) is 18.4 Å². The molecule has 4 amide bonds. The zero-order valence-corrected chi connectivity index (χ0v) is 10.7. The maximum absolute atomic E-state index is 13.5. The van der Waals surface area contributed by atoms with E-state index in [-0.39, 0.29) is 18.8 Å². The van der Waals surface area contributed by atoms with Crippen molar-refractivity contribution in [3.05, 3.63) is 35.6 Å². The van der Waals surface area contributed by atoms with E-state index in [2.05, 4.69) is 5.32 Å². The molecule has 0 radical (unpaired) electrons. The number of halogens is 1. The Morgan fingerprint density at radius 1 is 1.20 bits per heavy atom. The lowest BCUT2D eigenvalue weighted by Gasteiger charge is -2.30. The van der Waals surface area contributed by atoms with Crippen LogP contribution < -0.4 is 5.32 Å². The monoisotopic (exact) mass is 276 g/mol. The van der Waals surface area contributed by atoms with Crippen molar-refractivity contribution in [3.63, 3.8) is 0 Å². The molecule has 1 heterocycles. The van der Waals surface area contributed by atoms with Gasteiger partial charge in [-0.2, -0.15) is 0 Å². The van der Waals surface area contributed by atoms with Crippen molar-refractivity contribution in [2.45, 2.75) is 19.3 Å². The molecule has 6 heteroatoms. The van der Waals surface area contributed by atoms with Crippen LogP contribution in [-0.2, 0) is 16.0 Å². The van der Waals surface area contributed by atoms with E-state index in [4.69, 9.17) is 0 Å². The van der Waals surface area contributed by atoms with Crippen molar-refractivity contribution >= 4 is 17.8 Å². The lowest BCUT2D eigenvalue weighted by molar-refractivity contribution is -0.144. The Morgan fingerprint density at radius 2 is 1.90 bits per heavy atom. The molecule has 0 atom stereocenters. The first-order valence-electron chi connectivity index (χ1n) is 6.45. The highest BCUT2D eigenvalue weighted by molar-refractivity contribution is 6.20. The van der Waals surface area contributed by atoms with Crippen molar-refractivity contribution in [1.82, 2.24) is 10.2 Å². The minimum absolute atomic E-state index is 0.0701. The summed E-state index contributed by atoms with van der Waals surface area (Å²) in [7, 11) is 0. The Morgan fingerprint density at radius 3 is 2.55 bits per heavy atom. The number of urea groups is 1. The molecular formula is C14H13FN2O3. The van der Waals surface area contributed by atoms with Crippen LogP contribution in [0.2, 0.25) is 0 Å². The van der Waals surface area contributed by atoms with Gasteiger partial charge in [-0.25, -0.2) is 9.18 Å². The molecule has 5 nitrogen and oxygen atoms in total. The molecule has 1 aromatic carbocycles. The predicted molar refractivity (Wildman–Crippen MR) is 67.0 cm³/mol. The van der Waals surface area contributed by atoms with Crippen molar-refractivity contribution in [2.75, 3.05) is 6.54 Å². The highest BCUT2D eigenvalue weighted by Crippen LogP contribution is 2.48. The summed E-state index contributed by atoms with van der Waals surface area (Å²) in [5.41, 5.74) is -0.599. The molecular weight excluding hydrogens is 263 g/mol. The predicted octanol–water partition coefficient (Wildman–Crippen LogP) is 1.23. The molecule has 2 fully saturated rings. The molecule has 104 valence electrons. The number of barbiturate groups is 1.